The zero-order chi connectivity index (χ0) is 21.7. The molecule has 0 saturated heterocycles. The van der Waals surface area contributed by atoms with Gasteiger partial charge in [0.25, 0.3) is 5.56 Å². The highest BCUT2D eigenvalue weighted by atomic mass is 32.2. The summed E-state index contributed by atoms with van der Waals surface area (Å²) in [5.74, 6) is 0.562. The highest BCUT2D eigenvalue weighted by molar-refractivity contribution is 7.88. The van der Waals surface area contributed by atoms with E-state index in [1.165, 1.54) is 5.56 Å². The molecule has 1 aromatic heterocycles. The minimum Gasteiger partial charge on any atom is -0.376 e. The van der Waals surface area contributed by atoms with Crippen LogP contribution in [0.2, 0.25) is 0 Å². The minimum absolute atomic E-state index is 0.124. The highest BCUT2D eigenvalue weighted by Crippen LogP contribution is 2.34. The lowest BCUT2D eigenvalue weighted by molar-refractivity contribution is 0.00239. The van der Waals surface area contributed by atoms with Crippen molar-refractivity contribution in [1.29, 1.82) is 0 Å². The van der Waals surface area contributed by atoms with Crippen molar-refractivity contribution in [2.45, 2.75) is 63.6 Å². The molecule has 0 aliphatic heterocycles. The summed E-state index contributed by atoms with van der Waals surface area (Å²) in [4.78, 5) is 12.7. The molecule has 1 saturated carbocycles. The number of sulfonamides is 1. The Morgan fingerprint density at radius 3 is 2.40 bits per heavy atom. The maximum atomic E-state index is 12.7. The fourth-order valence-corrected chi connectivity index (χ4v) is 5.12. The van der Waals surface area contributed by atoms with Gasteiger partial charge in [-0.2, -0.15) is 0 Å². The maximum absolute atomic E-state index is 12.7. The topological polar surface area (TPSA) is 77.4 Å². The van der Waals surface area contributed by atoms with Gasteiger partial charge in [0.05, 0.1) is 25.0 Å². The molecule has 2 atom stereocenters. The molecule has 1 heterocycles. The Kier molecular flexibility index (Phi) is 7.50. The van der Waals surface area contributed by atoms with E-state index in [1.807, 2.05) is 12.1 Å². The van der Waals surface area contributed by atoms with Crippen LogP contribution in [0.5, 0.6) is 0 Å². The summed E-state index contributed by atoms with van der Waals surface area (Å²) in [5, 5.41) is 0. The van der Waals surface area contributed by atoms with Gasteiger partial charge in [0.15, 0.2) is 0 Å². The number of rotatable bonds is 8. The van der Waals surface area contributed by atoms with Crippen molar-refractivity contribution in [2.75, 3.05) is 12.9 Å². The van der Waals surface area contributed by atoms with Gasteiger partial charge >= 0.3 is 0 Å². The number of nitrogens with zero attached hydrogens (tertiary/aromatic N) is 1. The van der Waals surface area contributed by atoms with Crippen LogP contribution in [0, 0.1) is 6.92 Å². The quantitative estimate of drug-likeness (QED) is 0.694. The van der Waals surface area contributed by atoms with Crippen molar-refractivity contribution in [3.8, 4) is 0 Å². The summed E-state index contributed by atoms with van der Waals surface area (Å²) in [7, 11) is -3.40. The number of hydrogen-bond donors (Lipinski definition) is 1. The second-order valence-corrected chi connectivity index (χ2v) is 10.1. The summed E-state index contributed by atoms with van der Waals surface area (Å²) in [5.41, 5.74) is 1.88. The number of ether oxygens (including phenoxy) is 1. The largest absolute Gasteiger partial charge is 0.376 e. The monoisotopic (exact) mass is 432 g/mol. The molecular formula is C23H32N2O4S. The zero-order valence-corrected chi connectivity index (χ0v) is 18.8. The summed E-state index contributed by atoms with van der Waals surface area (Å²) < 4.78 is 34.0. The van der Waals surface area contributed by atoms with E-state index in [1.54, 1.807) is 30.7 Å². The van der Waals surface area contributed by atoms with Crippen molar-refractivity contribution in [3.05, 3.63) is 70.1 Å². The molecule has 1 aliphatic rings. The van der Waals surface area contributed by atoms with Gasteiger partial charge in [-0.05, 0) is 57.1 Å². The fourth-order valence-electron chi connectivity index (χ4n) is 4.29. The van der Waals surface area contributed by atoms with Gasteiger partial charge in [-0.3, -0.25) is 4.79 Å². The summed E-state index contributed by atoms with van der Waals surface area (Å²) in [6, 6.07) is 13.3. The number of aryl methyl sites for hydroxylation is 1. The molecule has 6 nitrogen and oxygen atoms in total. The molecule has 1 fully saturated rings. The summed E-state index contributed by atoms with van der Waals surface area (Å²) >= 11 is 0. The Hall–Kier alpha value is -1.96. The predicted molar refractivity (Wildman–Crippen MR) is 119 cm³/mol. The van der Waals surface area contributed by atoms with Crippen LogP contribution in [-0.4, -0.2) is 38.0 Å². The lowest BCUT2D eigenvalue weighted by Crippen LogP contribution is -2.44. The third-order valence-electron chi connectivity index (χ3n) is 5.95. The highest BCUT2D eigenvalue weighted by Gasteiger charge is 2.27. The van der Waals surface area contributed by atoms with Gasteiger partial charge in [0, 0.05) is 17.8 Å². The zero-order valence-electron chi connectivity index (χ0n) is 18.0. The van der Waals surface area contributed by atoms with E-state index in [0.717, 1.165) is 31.9 Å². The SMILES string of the molecule is Cc1cccn(C(CO[C@H]2CC[C@@H](c3ccccc3)CC2)C(C)NS(C)(=O)=O)c1=O. The smallest absolute Gasteiger partial charge is 0.253 e. The van der Waals surface area contributed by atoms with Crippen LogP contribution in [0.3, 0.4) is 0 Å². The first-order valence-corrected chi connectivity index (χ1v) is 12.5. The van der Waals surface area contributed by atoms with Crippen molar-refractivity contribution in [3.63, 3.8) is 0 Å². The normalized spacial score (nSPS) is 21.8. The standard InChI is InChI=1S/C23H32N2O4S/c1-17-8-7-15-25(23(17)26)22(18(2)24-30(3,27)28)16-29-21-13-11-20(12-14-21)19-9-5-4-6-10-19/h4-10,15,18,20-22,24H,11-14,16H2,1-3H3/t18?,20-,21+,22?. The third kappa shape index (κ3) is 6.03. The Bertz CT molecular complexity index is 980. The van der Waals surface area contributed by atoms with Crippen LogP contribution in [0.25, 0.3) is 0 Å². The van der Waals surface area contributed by atoms with E-state index in [0.29, 0.717) is 11.5 Å². The van der Waals surface area contributed by atoms with Crippen LogP contribution in [0.15, 0.2) is 53.5 Å². The lowest BCUT2D eigenvalue weighted by Gasteiger charge is -2.32. The third-order valence-corrected chi connectivity index (χ3v) is 6.75. The Labute approximate surface area is 179 Å². The molecule has 7 heteroatoms. The van der Waals surface area contributed by atoms with Gasteiger partial charge in [-0.1, -0.05) is 36.4 Å². The Morgan fingerprint density at radius 2 is 1.77 bits per heavy atom. The van der Waals surface area contributed by atoms with E-state index >= 15 is 0 Å². The number of pyridine rings is 1. The van der Waals surface area contributed by atoms with E-state index < -0.39 is 22.1 Å². The van der Waals surface area contributed by atoms with Gasteiger partial charge in [0.1, 0.15) is 0 Å². The van der Waals surface area contributed by atoms with Gasteiger partial charge in [-0.25, -0.2) is 13.1 Å². The second kappa shape index (κ2) is 9.90. The van der Waals surface area contributed by atoms with Gasteiger partial charge in [0.2, 0.25) is 10.0 Å². The number of benzene rings is 1. The van der Waals surface area contributed by atoms with Crippen molar-refractivity contribution in [1.82, 2.24) is 9.29 Å². The van der Waals surface area contributed by atoms with Crippen molar-refractivity contribution >= 4 is 10.0 Å². The van der Waals surface area contributed by atoms with Crippen molar-refractivity contribution < 1.29 is 13.2 Å². The van der Waals surface area contributed by atoms with E-state index in [2.05, 4.69) is 29.0 Å². The van der Waals surface area contributed by atoms with Gasteiger partial charge in [-0.15, -0.1) is 0 Å². The molecule has 3 rings (SSSR count). The molecule has 0 spiro atoms. The molecule has 0 radical (unpaired) electrons. The molecule has 30 heavy (non-hydrogen) atoms. The maximum Gasteiger partial charge on any atom is 0.253 e. The molecular weight excluding hydrogens is 400 g/mol. The van der Waals surface area contributed by atoms with E-state index in [-0.39, 0.29) is 18.3 Å². The number of nitrogens with one attached hydrogen (secondary N) is 1. The molecule has 2 unspecified atom stereocenters. The van der Waals surface area contributed by atoms with Crippen LogP contribution in [-0.2, 0) is 14.8 Å². The summed E-state index contributed by atoms with van der Waals surface area (Å²) in [6.07, 6.45) is 7.02. The van der Waals surface area contributed by atoms with Crippen LogP contribution < -0.4 is 10.3 Å². The molecule has 164 valence electrons. The van der Waals surface area contributed by atoms with E-state index in [9.17, 15) is 13.2 Å². The van der Waals surface area contributed by atoms with Crippen LogP contribution in [0.1, 0.15) is 55.7 Å². The van der Waals surface area contributed by atoms with Gasteiger partial charge < -0.3 is 9.30 Å². The molecule has 1 aromatic carbocycles. The van der Waals surface area contributed by atoms with Crippen molar-refractivity contribution in [2.24, 2.45) is 0 Å². The molecule has 1 N–H and O–H groups in total. The first-order chi connectivity index (χ1) is 14.2. The van der Waals surface area contributed by atoms with Crippen LogP contribution in [0.4, 0.5) is 0 Å². The Balaban J connectivity index is 1.67. The average Bonchev–Trinajstić information content (AvgIpc) is 2.71. The summed E-state index contributed by atoms with van der Waals surface area (Å²) in [6.45, 7) is 3.82. The number of hydrogen-bond acceptors (Lipinski definition) is 4. The van der Waals surface area contributed by atoms with E-state index in [4.69, 9.17) is 4.74 Å². The first-order valence-electron chi connectivity index (χ1n) is 10.6. The minimum atomic E-state index is -3.40. The molecule has 0 amide bonds. The molecule has 0 bridgehead atoms. The predicted octanol–water partition coefficient (Wildman–Crippen LogP) is 3.38. The Morgan fingerprint density at radius 1 is 1.10 bits per heavy atom. The lowest BCUT2D eigenvalue weighted by atomic mass is 9.83. The number of aromatic nitrogens is 1. The first kappa shape index (κ1) is 22.7. The molecule has 2 aromatic rings. The fraction of sp³-hybridized carbons (Fsp3) is 0.522. The average molecular weight is 433 g/mol. The van der Waals surface area contributed by atoms with Crippen LogP contribution >= 0.6 is 0 Å². The second-order valence-electron chi connectivity index (χ2n) is 8.37. The molecule has 1 aliphatic carbocycles.